The molecule has 0 aliphatic heterocycles. The molecule has 5 heteroatoms. The highest BCUT2D eigenvalue weighted by molar-refractivity contribution is 7.89. The Kier molecular flexibility index (Phi) is 3.92. The molecule has 1 saturated carbocycles. The van der Waals surface area contributed by atoms with Gasteiger partial charge in [-0.1, -0.05) is 12.8 Å². The van der Waals surface area contributed by atoms with Crippen molar-refractivity contribution >= 4 is 15.7 Å². The van der Waals surface area contributed by atoms with Crippen LogP contribution in [0.2, 0.25) is 0 Å². The van der Waals surface area contributed by atoms with E-state index in [1.54, 1.807) is 18.2 Å². The van der Waals surface area contributed by atoms with E-state index in [4.69, 9.17) is 5.73 Å². The Morgan fingerprint density at radius 1 is 1.33 bits per heavy atom. The van der Waals surface area contributed by atoms with Crippen molar-refractivity contribution in [2.24, 2.45) is 5.92 Å². The molecule has 18 heavy (non-hydrogen) atoms. The van der Waals surface area contributed by atoms with Gasteiger partial charge in [-0.3, -0.25) is 0 Å². The molecule has 1 aliphatic carbocycles. The zero-order valence-corrected chi connectivity index (χ0v) is 11.5. The predicted octanol–water partition coefficient (Wildman–Crippen LogP) is 2.05. The van der Waals surface area contributed by atoms with Gasteiger partial charge < -0.3 is 5.73 Å². The molecule has 0 spiro atoms. The Morgan fingerprint density at radius 2 is 2.00 bits per heavy atom. The number of nitrogen functional groups attached to an aromatic ring is 1. The van der Waals surface area contributed by atoms with Crippen molar-refractivity contribution < 1.29 is 8.42 Å². The van der Waals surface area contributed by atoms with Crippen LogP contribution in [-0.4, -0.2) is 15.0 Å². The Hall–Kier alpha value is -1.07. The van der Waals surface area contributed by atoms with Crippen LogP contribution < -0.4 is 10.5 Å². The van der Waals surface area contributed by atoms with Crippen LogP contribution in [-0.2, 0) is 10.0 Å². The van der Waals surface area contributed by atoms with Gasteiger partial charge in [0.2, 0.25) is 10.0 Å². The molecule has 1 aliphatic rings. The van der Waals surface area contributed by atoms with Crippen molar-refractivity contribution in [1.29, 1.82) is 0 Å². The first-order valence-electron chi connectivity index (χ1n) is 6.35. The number of nitrogens with one attached hydrogen (secondary N) is 1. The molecule has 1 aromatic rings. The van der Waals surface area contributed by atoms with Gasteiger partial charge in [-0.15, -0.1) is 0 Å². The van der Waals surface area contributed by atoms with Crippen LogP contribution >= 0.6 is 0 Å². The number of anilines is 1. The minimum Gasteiger partial charge on any atom is -0.399 e. The third-order valence-corrected chi connectivity index (χ3v) is 5.01. The molecule has 1 fully saturated rings. The molecule has 0 radical (unpaired) electrons. The second-order valence-electron chi connectivity index (χ2n) is 5.02. The number of benzene rings is 1. The molecule has 0 bridgehead atoms. The van der Waals surface area contributed by atoms with Crippen molar-refractivity contribution in [2.45, 2.75) is 37.5 Å². The van der Waals surface area contributed by atoms with E-state index in [1.165, 1.54) is 12.8 Å². The highest BCUT2D eigenvalue weighted by Gasteiger charge is 2.19. The quantitative estimate of drug-likeness (QED) is 0.821. The molecule has 1 aromatic carbocycles. The number of sulfonamides is 1. The molecular formula is C13H20N2O2S. The number of rotatable bonds is 4. The lowest BCUT2D eigenvalue weighted by Crippen LogP contribution is -2.28. The fourth-order valence-electron chi connectivity index (χ4n) is 2.34. The zero-order valence-electron chi connectivity index (χ0n) is 10.6. The molecule has 2 rings (SSSR count). The predicted molar refractivity (Wildman–Crippen MR) is 72.7 cm³/mol. The van der Waals surface area contributed by atoms with Crippen LogP contribution in [0.1, 0.15) is 31.2 Å². The SMILES string of the molecule is Cc1cc(S(=O)(=O)NCC2CCCC2)ccc1N. The maximum atomic E-state index is 12.1. The maximum absolute atomic E-state index is 12.1. The molecule has 0 heterocycles. The van der Waals surface area contributed by atoms with Crippen LogP contribution in [0.4, 0.5) is 5.69 Å². The number of aryl methyl sites for hydroxylation is 1. The van der Waals surface area contributed by atoms with E-state index in [1.807, 2.05) is 6.92 Å². The van der Waals surface area contributed by atoms with Crippen molar-refractivity contribution in [3.63, 3.8) is 0 Å². The zero-order chi connectivity index (χ0) is 13.2. The van der Waals surface area contributed by atoms with Gasteiger partial charge in [0.15, 0.2) is 0 Å². The summed E-state index contributed by atoms with van der Waals surface area (Å²) < 4.78 is 26.9. The molecule has 0 saturated heterocycles. The Bertz CT molecular complexity index is 520. The van der Waals surface area contributed by atoms with Crippen LogP contribution in [0.3, 0.4) is 0 Å². The highest BCUT2D eigenvalue weighted by Crippen LogP contribution is 2.24. The average Bonchev–Trinajstić information content (AvgIpc) is 2.83. The summed E-state index contributed by atoms with van der Waals surface area (Å²) in [6.07, 6.45) is 4.69. The van der Waals surface area contributed by atoms with Gasteiger partial charge in [0, 0.05) is 12.2 Å². The lowest BCUT2D eigenvalue weighted by atomic mass is 10.1. The Balaban J connectivity index is 2.07. The summed E-state index contributed by atoms with van der Waals surface area (Å²) in [5.74, 6) is 0.495. The highest BCUT2D eigenvalue weighted by atomic mass is 32.2. The lowest BCUT2D eigenvalue weighted by Gasteiger charge is -2.12. The molecule has 4 nitrogen and oxygen atoms in total. The van der Waals surface area contributed by atoms with E-state index < -0.39 is 10.0 Å². The van der Waals surface area contributed by atoms with Gasteiger partial charge >= 0.3 is 0 Å². The third-order valence-electron chi connectivity index (χ3n) is 3.59. The van der Waals surface area contributed by atoms with Crippen LogP contribution in [0.25, 0.3) is 0 Å². The molecular weight excluding hydrogens is 248 g/mol. The fraction of sp³-hybridized carbons (Fsp3) is 0.538. The molecule has 0 amide bonds. The van der Waals surface area contributed by atoms with E-state index in [9.17, 15) is 8.42 Å². The first-order valence-corrected chi connectivity index (χ1v) is 7.83. The molecule has 0 atom stereocenters. The smallest absolute Gasteiger partial charge is 0.240 e. The monoisotopic (exact) mass is 268 g/mol. The second kappa shape index (κ2) is 5.28. The summed E-state index contributed by atoms with van der Waals surface area (Å²) in [6.45, 7) is 2.36. The second-order valence-corrected chi connectivity index (χ2v) is 6.79. The van der Waals surface area contributed by atoms with E-state index in [0.29, 0.717) is 23.0 Å². The van der Waals surface area contributed by atoms with Crippen LogP contribution in [0.15, 0.2) is 23.1 Å². The Morgan fingerprint density at radius 3 is 2.61 bits per heavy atom. The largest absolute Gasteiger partial charge is 0.399 e. The van der Waals surface area contributed by atoms with Crippen molar-refractivity contribution in [3.8, 4) is 0 Å². The normalized spacial score (nSPS) is 17.2. The first-order chi connectivity index (χ1) is 8.49. The van der Waals surface area contributed by atoms with Crippen molar-refractivity contribution in [3.05, 3.63) is 23.8 Å². The third kappa shape index (κ3) is 3.03. The van der Waals surface area contributed by atoms with Crippen LogP contribution in [0.5, 0.6) is 0 Å². The number of nitrogens with two attached hydrogens (primary N) is 1. The summed E-state index contributed by atoms with van der Waals surface area (Å²) in [7, 11) is -3.39. The Labute approximate surface area is 109 Å². The fourth-order valence-corrected chi connectivity index (χ4v) is 3.54. The van der Waals surface area contributed by atoms with Crippen LogP contribution in [0, 0.1) is 12.8 Å². The number of hydrogen-bond donors (Lipinski definition) is 2. The summed E-state index contributed by atoms with van der Waals surface area (Å²) in [5.41, 5.74) is 7.10. The molecule has 100 valence electrons. The van der Waals surface area contributed by atoms with Crippen molar-refractivity contribution in [1.82, 2.24) is 4.72 Å². The maximum Gasteiger partial charge on any atom is 0.240 e. The summed E-state index contributed by atoms with van der Waals surface area (Å²) in [6, 6.07) is 4.81. The number of hydrogen-bond acceptors (Lipinski definition) is 3. The standard InChI is InChI=1S/C13H20N2O2S/c1-10-8-12(6-7-13(10)14)18(16,17)15-9-11-4-2-3-5-11/h6-8,11,15H,2-5,9,14H2,1H3. The molecule has 3 N–H and O–H groups in total. The van der Waals surface area contributed by atoms with E-state index in [-0.39, 0.29) is 0 Å². The minimum atomic E-state index is -3.39. The van der Waals surface area contributed by atoms with Gasteiger partial charge in [0.1, 0.15) is 0 Å². The minimum absolute atomic E-state index is 0.298. The van der Waals surface area contributed by atoms with E-state index in [0.717, 1.165) is 18.4 Å². The summed E-state index contributed by atoms with van der Waals surface area (Å²) >= 11 is 0. The van der Waals surface area contributed by atoms with E-state index in [2.05, 4.69) is 4.72 Å². The molecule has 0 aromatic heterocycles. The van der Waals surface area contributed by atoms with E-state index >= 15 is 0 Å². The molecule has 0 unspecified atom stereocenters. The topological polar surface area (TPSA) is 72.2 Å². The first kappa shape index (κ1) is 13.4. The lowest BCUT2D eigenvalue weighted by molar-refractivity contribution is 0.519. The van der Waals surface area contributed by atoms with Gasteiger partial charge in [-0.2, -0.15) is 0 Å². The van der Waals surface area contributed by atoms with Gasteiger partial charge in [0.05, 0.1) is 4.90 Å². The van der Waals surface area contributed by atoms with Crippen molar-refractivity contribution in [2.75, 3.05) is 12.3 Å². The van der Waals surface area contributed by atoms with Gasteiger partial charge in [0.25, 0.3) is 0 Å². The van der Waals surface area contributed by atoms with Gasteiger partial charge in [-0.25, -0.2) is 13.1 Å². The van der Waals surface area contributed by atoms with Gasteiger partial charge in [-0.05, 0) is 49.4 Å². The summed E-state index contributed by atoms with van der Waals surface area (Å²) in [4.78, 5) is 0.298. The average molecular weight is 268 g/mol. The summed E-state index contributed by atoms with van der Waals surface area (Å²) in [5, 5.41) is 0.